The number of carbonyl (C=O) groups excluding carboxylic acids is 1. The Morgan fingerprint density at radius 1 is 1.09 bits per heavy atom. The van der Waals surface area contributed by atoms with Crippen LogP contribution in [0.25, 0.3) is 0 Å². The SMILES string of the molecule is NCCC(=O)NCc1ccc(NCCc2cccc(F)c2)cc1. The fourth-order valence-corrected chi connectivity index (χ4v) is 2.20. The zero-order valence-electron chi connectivity index (χ0n) is 13.0. The van der Waals surface area contributed by atoms with Crippen molar-refractivity contribution in [1.29, 1.82) is 0 Å². The van der Waals surface area contributed by atoms with Crippen molar-refractivity contribution in [3.8, 4) is 0 Å². The molecule has 0 unspecified atom stereocenters. The molecule has 4 nitrogen and oxygen atoms in total. The van der Waals surface area contributed by atoms with Gasteiger partial charge in [0.1, 0.15) is 5.82 Å². The van der Waals surface area contributed by atoms with Crippen molar-refractivity contribution in [3.05, 3.63) is 65.5 Å². The monoisotopic (exact) mass is 315 g/mol. The molecule has 1 amide bonds. The van der Waals surface area contributed by atoms with Crippen molar-refractivity contribution >= 4 is 11.6 Å². The summed E-state index contributed by atoms with van der Waals surface area (Å²) < 4.78 is 13.1. The largest absolute Gasteiger partial charge is 0.385 e. The minimum absolute atomic E-state index is 0.0372. The van der Waals surface area contributed by atoms with E-state index in [-0.39, 0.29) is 11.7 Å². The van der Waals surface area contributed by atoms with Gasteiger partial charge in [0.05, 0.1) is 0 Å². The molecule has 0 radical (unpaired) electrons. The highest BCUT2D eigenvalue weighted by molar-refractivity contribution is 5.76. The molecule has 0 aliphatic carbocycles. The molecule has 0 saturated heterocycles. The summed E-state index contributed by atoms with van der Waals surface area (Å²) in [5.74, 6) is -0.242. The quantitative estimate of drug-likeness (QED) is 0.701. The molecule has 0 aromatic heterocycles. The molecule has 2 aromatic carbocycles. The lowest BCUT2D eigenvalue weighted by Gasteiger charge is -2.08. The average molecular weight is 315 g/mol. The summed E-state index contributed by atoms with van der Waals surface area (Å²) in [4.78, 5) is 11.4. The van der Waals surface area contributed by atoms with Crippen LogP contribution in [0.1, 0.15) is 17.5 Å². The van der Waals surface area contributed by atoms with Crippen molar-refractivity contribution < 1.29 is 9.18 Å². The molecule has 0 atom stereocenters. The molecule has 2 aromatic rings. The molecule has 2 rings (SSSR count). The first-order valence-electron chi connectivity index (χ1n) is 7.71. The molecule has 0 spiro atoms. The Balaban J connectivity index is 1.75. The molecule has 0 aliphatic heterocycles. The first-order chi connectivity index (χ1) is 11.2. The minimum atomic E-state index is -0.205. The van der Waals surface area contributed by atoms with Crippen LogP contribution >= 0.6 is 0 Å². The summed E-state index contributed by atoms with van der Waals surface area (Å²) >= 11 is 0. The number of hydrogen-bond acceptors (Lipinski definition) is 3. The minimum Gasteiger partial charge on any atom is -0.385 e. The second-order valence-electron chi connectivity index (χ2n) is 5.32. The van der Waals surface area contributed by atoms with Crippen molar-refractivity contribution in [2.45, 2.75) is 19.4 Å². The highest BCUT2D eigenvalue weighted by atomic mass is 19.1. The van der Waals surface area contributed by atoms with Crippen LogP contribution in [0.15, 0.2) is 48.5 Å². The first-order valence-corrected chi connectivity index (χ1v) is 7.71. The number of benzene rings is 2. The highest BCUT2D eigenvalue weighted by Gasteiger charge is 2.00. The third-order valence-electron chi connectivity index (χ3n) is 3.45. The van der Waals surface area contributed by atoms with E-state index in [1.54, 1.807) is 12.1 Å². The lowest BCUT2D eigenvalue weighted by atomic mass is 10.1. The van der Waals surface area contributed by atoms with E-state index in [1.165, 1.54) is 6.07 Å². The van der Waals surface area contributed by atoms with Gasteiger partial charge in [-0.1, -0.05) is 24.3 Å². The van der Waals surface area contributed by atoms with Gasteiger partial charge in [-0.05, 0) is 41.8 Å². The van der Waals surface area contributed by atoms with Gasteiger partial charge in [-0.3, -0.25) is 4.79 Å². The fourth-order valence-electron chi connectivity index (χ4n) is 2.20. The number of nitrogens with two attached hydrogens (primary N) is 1. The number of anilines is 1. The molecule has 0 heterocycles. The van der Waals surface area contributed by atoms with Crippen molar-refractivity contribution in [2.75, 3.05) is 18.4 Å². The molecular formula is C18H22FN3O. The van der Waals surface area contributed by atoms with Gasteiger partial charge in [0, 0.05) is 31.7 Å². The predicted octanol–water partition coefficient (Wildman–Crippen LogP) is 2.45. The second-order valence-corrected chi connectivity index (χ2v) is 5.32. The molecule has 0 fully saturated rings. The van der Waals surface area contributed by atoms with E-state index in [4.69, 9.17) is 5.73 Å². The van der Waals surface area contributed by atoms with E-state index in [9.17, 15) is 9.18 Å². The van der Waals surface area contributed by atoms with Gasteiger partial charge >= 0.3 is 0 Å². The van der Waals surface area contributed by atoms with E-state index in [0.717, 1.165) is 29.8 Å². The Hall–Kier alpha value is -2.40. The van der Waals surface area contributed by atoms with E-state index in [2.05, 4.69) is 10.6 Å². The average Bonchev–Trinajstić information content (AvgIpc) is 2.54. The van der Waals surface area contributed by atoms with Crippen LogP contribution in [-0.2, 0) is 17.8 Å². The summed E-state index contributed by atoms with van der Waals surface area (Å²) in [6.07, 6.45) is 1.11. The zero-order valence-corrected chi connectivity index (χ0v) is 13.0. The summed E-state index contributed by atoms with van der Waals surface area (Å²) in [7, 11) is 0. The van der Waals surface area contributed by atoms with Crippen LogP contribution in [0.3, 0.4) is 0 Å². The van der Waals surface area contributed by atoms with Crippen LogP contribution in [0.4, 0.5) is 10.1 Å². The standard InChI is InChI=1S/C18H22FN3O/c19-16-3-1-2-14(12-16)9-11-21-17-6-4-15(5-7-17)13-22-18(23)8-10-20/h1-7,12,21H,8-11,13,20H2,(H,22,23). The maximum Gasteiger partial charge on any atom is 0.221 e. The van der Waals surface area contributed by atoms with Crippen molar-refractivity contribution in [1.82, 2.24) is 5.32 Å². The first kappa shape index (κ1) is 17.0. The van der Waals surface area contributed by atoms with Gasteiger partial charge in [0.25, 0.3) is 0 Å². The number of halogens is 1. The number of rotatable bonds is 8. The third-order valence-corrected chi connectivity index (χ3v) is 3.45. The van der Waals surface area contributed by atoms with Gasteiger partial charge in [-0.2, -0.15) is 0 Å². The maximum atomic E-state index is 13.1. The van der Waals surface area contributed by atoms with E-state index >= 15 is 0 Å². The second kappa shape index (κ2) is 8.90. The molecule has 0 saturated carbocycles. The van der Waals surface area contributed by atoms with Gasteiger partial charge in [-0.15, -0.1) is 0 Å². The van der Waals surface area contributed by atoms with Crippen LogP contribution in [0, 0.1) is 5.82 Å². The fraction of sp³-hybridized carbons (Fsp3) is 0.278. The normalized spacial score (nSPS) is 10.3. The third kappa shape index (κ3) is 6.08. The Bertz CT molecular complexity index is 628. The maximum absolute atomic E-state index is 13.1. The lowest BCUT2D eigenvalue weighted by molar-refractivity contribution is -0.121. The summed E-state index contributed by atoms with van der Waals surface area (Å²) in [6.45, 7) is 1.60. The molecule has 5 heteroatoms. The van der Waals surface area contributed by atoms with Gasteiger partial charge < -0.3 is 16.4 Å². The summed E-state index contributed by atoms with van der Waals surface area (Å²) in [5.41, 5.74) is 8.33. The number of carbonyl (C=O) groups is 1. The molecule has 4 N–H and O–H groups in total. The van der Waals surface area contributed by atoms with Crippen molar-refractivity contribution in [2.24, 2.45) is 5.73 Å². The Labute approximate surface area is 135 Å². The topological polar surface area (TPSA) is 67.2 Å². The summed E-state index contributed by atoms with van der Waals surface area (Å²) in [5, 5.41) is 6.11. The smallest absolute Gasteiger partial charge is 0.221 e. The Kier molecular flexibility index (Phi) is 6.56. The molecule has 0 bridgehead atoms. The molecule has 23 heavy (non-hydrogen) atoms. The van der Waals surface area contributed by atoms with E-state index in [0.29, 0.717) is 19.5 Å². The number of nitrogens with one attached hydrogen (secondary N) is 2. The van der Waals surface area contributed by atoms with Gasteiger partial charge in [0.15, 0.2) is 0 Å². The molecule has 122 valence electrons. The van der Waals surface area contributed by atoms with Crippen LogP contribution in [0.5, 0.6) is 0 Å². The predicted molar refractivity (Wildman–Crippen MR) is 90.6 cm³/mol. The molecular weight excluding hydrogens is 293 g/mol. The van der Waals surface area contributed by atoms with E-state index < -0.39 is 0 Å². The highest BCUT2D eigenvalue weighted by Crippen LogP contribution is 2.10. The Morgan fingerprint density at radius 2 is 1.87 bits per heavy atom. The van der Waals surface area contributed by atoms with E-state index in [1.807, 2.05) is 30.3 Å². The number of hydrogen-bond donors (Lipinski definition) is 3. The number of amides is 1. The van der Waals surface area contributed by atoms with Gasteiger partial charge in [-0.25, -0.2) is 4.39 Å². The van der Waals surface area contributed by atoms with Gasteiger partial charge in [0.2, 0.25) is 5.91 Å². The van der Waals surface area contributed by atoms with Crippen molar-refractivity contribution in [3.63, 3.8) is 0 Å². The molecule has 0 aliphatic rings. The van der Waals surface area contributed by atoms with Crippen LogP contribution < -0.4 is 16.4 Å². The summed E-state index contributed by atoms with van der Waals surface area (Å²) in [6, 6.07) is 14.5. The van der Waals surface area contributed by atoms with Crippen LogP contribution in [-0.4, -0.2) is 19.0 Å². The van der Waals surface area contributed by atoms with Crippen LogP contribution in [0.2, 0.25) is 0 Å². The lowest BCUT2D eigenvalue weighted by Crippen LogP contribution is -2.24. The zero-order chi connectivity index (χ0) is 16.5. The Morgan fingerprint density at radius 3 is 2.57 bits per heavy atom.